The lowest BCUT2D eigenvalue weighted by atomic mass is 10.1. The first-order chi connectivity index (χ1) is 17.4. The molecule has 0 aliphatic heterocycles. The van der Waals surface area contributed by atoms with Gasteiger partial charge in [-0.2, -0.15) is 0 Å². The summed E-state index contributed by atoms with van der Waals surface area (Å²) < 4.78 is 10.9. The molecule has 0 heterocycles. The quantitative estimate of drug-likeness (QED) is 0.380. The van der Waals surface area contributed by atoms with Crippen molar-refractivity contribution in [2.45, 2.75) is 25.6 Å². The molecule has 0 saturated carbocycles. The molecule has 0 unspecified atom stereocenters. The zero-order valence-corrected chi connectivity index (χ0v) is 20.7. The van der Waals surface area contributed by atoms with Crippen molar-refractivity contribution >= 4 is 18.0 Å². The van der Waals surface area contributed by atoms with Crippen LogP contribution in [-0.4, -0.2) is 61.1 Å². The molecule has 0 spiro atoms. The van der Waals surface area contributed by atoms with E-state index in [1.54, 1.807) is 11.9 Å². The van der Waals surface area contributed by atoms with Crippen LogP contribution in [0.15, 0.2) is 91.0 Å². The van der Waals surface area contributed by atoms with E-state index in [0.29, 0.717) is 13.0 Å². The number of hydrogen-bond acceptors (Lipinski definition) is 5. The number of carbonyl (C=O) groups is 3. The van der Waals surface area contributed by atoms with Crippen LogP contribution in [0.1, 0.15) is 16.7 Å². The van der Waals surface area contributed by atoms with Crippen molar-refractivity contribution in [1.82, 2.24) is 9.80 Å². The van der Waals surface area contributed by atoms with Gasteiger partial charge in [-0.15, -0.1) is 0 Å². The molecule has 7 heteroatoms. The molecule has 0 aliphatic rings. The third-order valence-electron chi connectivity index (χ3n) is 5.68. The summed E-state index contributed by atoms with van der Waals surface area (Å²) in [7, 11) is 3.17. The molecule has 3 rings (SSSR count). The molecule has 36 heavy (non-hydrogen) atoms. The lowest BCUT2D eigenvalue weighted by Crippen LogP contribution is -2.42. The first kappa shape index (κ1) is 26.5. The van der Waals surface area contributed by atoms with E-state index in [9.17, 15) is 14.4 Å². The Morgan fingerprint density at radius 3 is 1.83 bits per heavy atom. The average molecular weight is 489 g/mol. The second kappa shape index (κ2) is 13.7. The van der Waals surface area contributed by atoms with Crippen LogP contribution < -0.4 is 0 Å². The van der Waals surface area contributed by atoms with Gasteiger partial charge in [0.05, 0.1) is 0 Å². The molecule has 2 amide bonds. The lowest BCUT2D eigenvalue weighted by molar-refractivity contribution is -0.155. The van der Waals surface area contributed by atoms with Crippen LogP contribution in [0.3, 0.4) is 0 Å². The van der Waals surface area contributed by atoms with Crippen molar-refractivity contribution in [2.75, 3.05) is 27.2 Å². The van der Waals surface area contributed by atoms with Gasteiger partial charge in [0.2, 0.25) is 12.0 Å². The number of benzene rings is 3. The van der Waals surface area contributed by atoms with Gasteiger partial charge >= 0.3 is 12.1 Å². The monoisotopic (exact) mass is 488 g/mol. The predicted octanol–water partition coefficient (Wildman–Crippen LogP) is 4.11. The van der Waals surface area contributed by atoms with Crippen LogP contribution in [0.5, 0.6) is 0 Å². The van der Waals surface area contributed by atoms with E-state index in [2.05, 4.69) is 0 Å². The molecule has 3 aromatic carbocycles. The Kier molecular flexibility index (Phi) is 10.1. The number of likely N-dealkylation sites (N-methyl/N-ethyl adjacent to an activating group) is 2. The Bertz CT molecular complexity index is 1110. The van der Waals surface area contributed by atoms with E-state index in [4.69, 9.17) is 9.47 Å². The maximum absolute atomic E-state index is 12.8. The maximum atomic E-state index is 12.8. The fourth-order valence-electron chi connectivity index (χ4n) is 3.49. The molecule has 0 fully saturated rings. The highest BCUT2D eigenvalue weighted by Crippen LogP contribution is 2.12. The number of hydrogen-bond donors (Lipinski definition) is 0. The van der Waals surface area contributed by atoms with Crippen molar-refractivity contribution in [3.05, 3.63) is 108 Å². The van der Waals surface area contributed by atoms with E-state index in [0.717, 1.165) is 16.7 Å². The van der Waals surface area contributed by atoms with E-state index in [1.165, 1.54) is 11.9 Å². The van der Waals surface area contributed by atoms with Crippen LogP contribution in [-0.2, 0) is 38.5 Å². The number of rotatable bonds is 11. The van der Waals surface area contributed by atoms with Gasteiger partial charge in [-0.1, -0.05) is 91.0 Å². The van der Waals surface area contributed by atoms with Gasteiger partial charge < -0.3 is 19.3 Å². The third kappa shape index (κ3) is 8.58. The van der Waals surface area contributed by atoms with Crippen molar-refractivity contribution < 1.29 is 23.9 Å². The lowest BCUT2D eigenvalue weighted by Gasteiger charge is -2.24. The van der Waals surface area contributed by atoms with E-state index >= 15 is 0 Å². The van der Waals surface area contributed by atoms with Crippen LogP contribution in [0, 0.1) is 0 Å². The van der Waals surface area contributed by atoms with E-state index in [1.807, 2.05) is 91.0 Å². The fraction of sp³-hybridized carbons (Fsp3) is 0.276. The number of amides is 2. The van der Waals surface area contributed by atoms with Gasteiger partial charge in [-0.3, -0.25) is 4.79 Å². The molecule has 0 radical (unpaired) electrons. The van der Waals surface area contributed by atoms with Gasteiger partial charge in [0.1, 0.15) is 13.2 Å². The highest BCUT2D eigenvalue weighted by molar-refractivity contribution is 5.83. The molecule has 188 valence electrons. The maximum Gasteiger partial charge on any atom is 0.410 e. The highest BCUT2D eigenvalue weighted by Gasteiger charge is 2.28. The summed E-state index contributed by atoms with van der Waals surface area (Å²) in [4.78, 5) is 41.0. The SMILES string of the molecule is CN(CCc1ccccc1)C(=O)CN(C)C(=O)O[C@@H](Cc1ccccc1)C(=O)OCc1ccccc1. The minimum atomic E-state index is -1.14. The summed E-state index contributed by atoms with van der Waals surface area (Å²) in [5.41, 5.74) is 2.78. The molecule has 1 atom stereocenters. The number of carbonyl (C=O) groups excluding carboxylic acids is 3. The minimum absolute atomic E-state index is 0.0725. The fourth-order valence-corrected chi connectivity index (χ4v) is 3.49. The summed E-state index contributed by atoms with van der Waals surface area (Å²) in [6.07, 6.45) is -1.03. The van der Waals surface area contributed by atoms with E-state index in [-0.39, 0.29) is 25.5 Å². The summed E-state index contributed by atoms with van der Waals surface area (Å²) in [5.74, 6) is -0.868. The van der Waals surface area contributed by atoms with Crippen molar-refractivity contribution in [3.63, 3.8) is 0 Å². The molecule has 0 aromatic heterocycles. The van der Waals surface area contributed by atoms with Gasteiger partial charge in [-0.25, -0.2) is 9.59 Å². The van der Waals surface area contributed by atoms with E-state index < -0.39 is 18.2 Å². The normalized spacial score (nSPS) is 11.3. The van der Waals surface area contributed by atoms with Crippen LogP contribution in [0.4, 0.5) is 4.79 Å². The third-order valence-corrected chi connectivity index (χ3v) is 5.68. The minimum Gasteiger partial charge on any atom is -0.458 e. The first-order valence-corrected chi connectivity index (χ1v) is 11.9. The molecule has 0 aliphatic carbocycles. The Morgan fingerprint density at radius 1 is 0.722 bits per heavy atom. The van der Waals surface area contributed by atoms with Gasteiger partial charge in [-0.05, 0) is 23.1 Å². The smallest absolute Gasteiger partial charge is 0.410 e. The van der Waals surface area contributed by atoms with Crippen molar-refractivity contribution in [1.29, 1.82) is 0 Å². The van der Waals surface area contributed by atoms with Crippen molar-refractivity contribution in [2.24, 2.45) is 0 Å². The van der Waals surface area contributed by atoms with Gasteiger partial charge in [0.25, 0.3) is 0 Å². The summed E-state index contributed by atoms with van der Waals surface area (Å²) in [6.45, 7) is 0.429. The number of esters is 1. The Hall–Kier alpha value is -4.13. The number of nitrogens with zero attached hydrogens (tertiary/aromatic N) is 2. The average Bonchev–Trinajstić information content (AvgIpc) is 2.91. The van der Waals surface area contributed by atoms with Crippen LogP contribution in [0.25, 0.3) is 0 Å². The highest BCUT2D eigenvalue weighted by atomic mass is 16.6. The molecule has 0 bridgehead atoms. The second-order valence-corrected chi connectivity index (χ2v) is 8.56. The molecule has 3 aromatic rings. The molecular weight excluding hydrogens is 456 g/mol. The van der Waals surface area contributed by atoms with Crippen LogP contribution in [0.2, 0.25) is 0 Å². The summed E-state index contributed by atoms with van der Waals surface area (Å²) >= 11 is 0. The standard InChI is InChI=1S/C29H32N2O5/c1-30(19-18-23-12-6-3-7-13-23)27(32)21-31(2)29(34)36-26(20-24-14-8-4-9-15-24)28(33)35-22-25-16-10-5-11-17-25/h3-17,26H,18-22H2,1-2H3/t26-/m0/s1. The summed E-state index contributed by atoms with van der Waals surface area (Å²) in [6, 6.07) is 28.4. The Balaban J connectivity index is 1.56. The first-order valence-electron chi connectivity index (χ1n) is 11.9. The van der Waals surface area contributed by atoms with Gasteiger partial charge in [0, 0.05) is 27.1 Å². The second-order valence-electron chi connectivity index (χ2n) is 8.56. The number of ether oxygens (including phenoxy) is 2. The predicted molar refractivity (Wildman–Crippen MR) is 137 cm³/mol. The molecule has 0 N–H and O–H groups in total. The van der Waals surface area contributed by atoms with Crippen LogP contribution >= 0.6 is 0 Å². The van der Waals surface area contributed by atoms with Gasteiger partial charge in [0.15, 0.2) is 0 Å². The Labute approximate surface area is 212 Å². The zero-order valence-electron chi connectivity index (χ0n) is 20.7. The molecule has 0 saturated heterocycles. The Morgan fingerprint density at radius 2 is 1.25 bits per heavy atom. The molecule has 7 nitrogen and oxygen atoms in total. The largest absolute Gasteiger partial charge is 0.458 e. The van der Waals surface area contributed by atoms with Crippen molar-refractivity contribution in [3.8, 4) is 0 Å². The molecular formula is C29H32N2O5. The summed E-state index contributed by atoms with van der Waals surface area (Å²) in [5, 5.41) is 0. The zero-order chi connectivity index (χ0) is 25.8. The topological polar surface area (TPSA) is 76.2 Å².